The van der Waals surface area contributed by atoms with Crippen molar-refractivity contribution in [2.75, 3.05) is 10.8 Å². The van der Waals surface area contributed by atoms with Gasteiger partial charge in [0.25, 0.3) is 10.0 Å². The van der Waals surface area contributed by atoms with Gasteiger partial charge in [-0.1, -0.05) is 48.9 Å². The molecule has 0 heterocycles. The molecule has 0 saturated heterocycles. The quantitative estimate of drug-likeness (QED) is 0.363. The second-order valence-electron chi connectivity index (χ2n) is 9.81. The van der Waals surface area contributed by atoms with Crippen molar-refractivity contribution in [2.45, 2.75) is 64.6 Å². The molecule has 0 aliphatic carbocycles. The molecule has 0 bridgehead atoms. The van der Waals surface area contributed by atoms with Gasteiger partial charge in [0.1, 0.15) is 18.4 Å². The summed E-state index contributed by atoms with van der Waals surface area (Å²) in [7, 11) is -4.13. The van der Waals surface area contributed by atoms with Gasteiger partial charge < -0.3 is 10.2 Å². The molecule has 1 N–H and O–H groups in total. The van der Waals surface area contributed by atoms with Crippen LogP contribution in [0, 0.1) is 19.7 Å². The fraction of sp³-hybridized carbons (Fsp3) is 0.333. The highest BCUT2D eigenvalue weighted by Crippen LogP contribution is 2.25. The zero-order chi connectivity index (χ0) is 28.7. The molecule has 3 aromatic carbocycles. The van der Waals surface area contributed by atoms with Crippen LogP contribution in [0.5, 0.6) is 0 Å². The molecule has 3 aromatic rings. The number of carbonyl (C=O) groups is 2. The largest absolute Gasteiger partial charge is 0.352 e. The molecule has 0 fully saturated rings. The molecule has 0 spiro atoms. The Morgan fingerprint density at radius 3 is 2.15 bits per heavy atom. The monoisotopic (exact) mass is 553 g/mol. The second-order valence-corrected chi connectivity index (χ2v) is 11.7. The van der Waals surface area contributed by atoms with Crippen LogP contribution < -0.4 is 9.62 Å². The van der Waals surface area contributed by atoms with Crippen molar-refractivity contribution in [2.24, 2.45) is 0 Å². The molecule has 3 rings (SSSR count). The minimum absolute atomic E-state index is 0.000439. The second kappa shape index (κ2) is 12.9. The molecule has 0 saturated carbocycles. The molecule has 0 unspecified atom stereocenters. The van der Waals surface area contributed by atoms with Crippen molar-refractivity contribution >= 4 is 27.5 Å². The van der Waals surface area contributed by atoms with Crippen LogP contribution in [-0.2, 0) is 26.2 Å². The molecule has 208 valence electrons. The van der Waals surface area contributed by atoms with E-state index < -0.39 is 34.3 Å². The molecule has 0 aliphatic heterocycles. The number of nitrogens with one attached hydrogen (secondary N) is 1. The summed E-state index contributed by atoms with van der Waals surface area (Å²) in [6, 6.07) is 17.9. The molecular formula is C30H36FN3O4S. The van der Waals surface area contributed by atoms with E-state index in [1.807, 2.05) is 33.8 Å². The Hall–Kier alpha value is -3.72. The first-order valence-electron chi connectivity index (χ1n) is 12.9. The number of anilines is 1. The average Bonchev–Trinajstić information content (AvgIpc) is 2.90. The lowest BCUT2D eigenvalue weighted by atomic mass is 10.1. The zero-order valence-electron chi connectivity index (χ0n) is 23.0. The van der Waals surface area contributed by atoms with Crippen molar-refractivity contribution in [1.82, 2.24) is 10.2 Å². The van der Waals surface area contributed by atoms with E-state index in [9.17, 15) is 22.4 Å². The Bertz CT molecular complexity index is 1390. The van der Waals surface area contributed by atoms with Crippen LogP contribution >= 0.6 is 0 Å². The number of sulfonamides is 1. The zero-order valence-corrected chi connectivity index (χ0v) is 23.8. The normalized spacial score (nSPS) is 12.9. The fourth-order valence-corrected chi connectivity index (χ4v) is 5.39. The van der Waals surface area contributed by atoms with Crippen LogP contribution in [-0.4, -0.2) is 43.8 Å². The third kappa shape index (κ3) is 7.66. The Kier molecular flexibility index (Phi) is 9.86. The minimum Gasteiger partial charge on any atom is -0.352 e. The SMILES string of the molecule is CC[C@H](C)NC(=O)[C@@H](C)N(Cc1ccc(F)cc1)C(=O)CN(c1cccc(C)c1)S(=O)(=O)c1ccc(C)cc1. The summed E-state index contributed by atoms with van der Waals surface area (Å²) in [6.45, 7) is 8.57. The Morgan fingerprint density at radius 2 is 1.56 bits per heavy atom. The van der Waals surface area contributed by atoms with Gasteiger partial charge in [0.2, 0.25) is 11.8 Å². The maximum absolute atomic E-state index is 13.9. The van der Waals surface area contributed by atoms with Gasteiger partial charge in [0.15, 0.2) is 0 Å². The first-order chi connectivity index (χ1) is 18.4. The Morgan fingerprint density at radius 1 is 0.923 bits per heavy atom. The summed E-state index contributed by atoms with van der Waals surface area (Å²) in [5.74, 6) is -1.35. The molecule has 2 amide bonds. The van der Waals surface area contributed by atoms with Crippen molar-refractivity contribution < 1.29 is 22.4 Å². The van der Waals surface area contributed by atoms with Gasteiger partial charge >= 0.3 is 0 Å². The third-order valence-electron chi connectivity index (χ3n) is 6.61. The number of aryl methyl sites for hydroxylation is 2. The smallest absolute Gasteiger partial charge is 0.264 e. The summed E-state index contributed by atoms with van der Waals surface area (Å²) in [6.07, 6.45) is 0.709. The third-order valence-corrected chi connectivity index (χ3v) is 8.40. The van der Waals surface area contributed by atoms with E-state index in [0.29, 0.717) is 17.7 Å². The van der Waals surface area contributed by atoms with E-state index in [4.69, 9.17) is 0 Å². The van der Waals surface area contributed by atoms with Crippen LogP contribution in [0.4, 0.5) is 10.1 Å². The number of hydrogen-bond acceptors (Lipinski definition) is 4. The van der Waals surface area contributed by atoms with Crippen LogP contribution in [0.1, 0.15) is 43.9 Å². The van der Waals surface area contributed by atoms with E-state index in [0.717, 1.165) is 15.4 Å². The van der Waals surface area contributed by atoms with Crippen molar-refractivity contribution in [3.63, 3.8) is 0 Å². The van der Waals surface area contributed by atoms with Gasteiger partial charge in [0, 0.05) is 12.6 Å². The number of halogens is 1. The maximum Gasteiger partial charge on any atom is 0.264 e. The van der Waals surface area contributed by atoms with E-state index >= 15 is 0 Å². The summed E-state index contributed by atoms with van der Waals surface area (Å²) in [4.78, 5) is 28.3. The molecule has 2 atom stereocenters. The lowest BCUT2D eigenvalue weighted by Crippen LogP contribution is -2.52. The molecule has 0 radical (unpaired) electrons. The van der Waals surface area contributed by atoms with Gasteiger partial charge in [-0.3, -0.25) is 13.9 Å². The number of amides is 2. The molecular weight excluding hydrogens is 517 g/mol. The number of carbonyl (C=O) groups excluding carboxylic acids is 2. The first-order valence-corrected chi connectivity index (χ1v) is 14.4. The summed E-state index contributed by atoms with van der Waals surface area (Å²) in [5, 5.41) is 2.89. The Balaban J connectivity index is 2.02. The minimum atomic E-state index is -4.13. The van der Waals surface area contributed by atoms with Crippen molar-refractivity contribution in [3.05, 3.63) is 95.3 Å². The van der Waals surface area contributed by atoms with Crippen LogP contribution in [0.15, 0.2) is 77.7 Å². The number of hydrogen-bond donors (Lipinski definition) is 1. The summed E-state index contributed by atoms with van der Waals surface area (Å²) < 4.78 is 42.3. The van der Waals surface area contributed by atoms with E-state index in [2.05, 4.69) is 5.32 Å². The molecule has 39 heavy (non-hydrogen) atoms. The number of benzene rings is 3. The molecule has 9 heteroatoms. The van der Waals surface area contributed by atoms with Gasteiger partial charge in [-0.2, -0.15) is 0 Å². The van der Waals surface area contributed by atoms with Gasteiger partial charge in [-0.05, 0) is 81.6 Å². The van der Waals surface area contributed by atoms with Gasteiger partial charge in [0.05, 0.1) is 10.6 Å². The van der Waals surface area contributed by atoms with Crippen LogP contribution in [0.3, 0.4) is 0 Å². The highest BCUT2D eigenvalue weighted by Gasteiger charge is 2.32. The highest BCUT2D eigenvalue weighted by atomic mass is 32.2. The van der Waals surface area contributed by atoms with Gasteiger partial charge in [-0.25, -0.2) is 12.8 Å². The predicted octanol–water partition coefficient (Wildman–Crippen LogP) is 4.97. The highest BCUT2D eigenvalue weighted by molar-refractivity contribution is 7.92. The molecule has 7 nitrogen and oxygen atoms in total. The number of nitrogens with zero attached hydrogens (tertiary/aromatic N) is 2. The summed E-state index contributed by atoms with van der Waals surface area (Å²) >= 11 is 0. The predicted molar refractivity (Wildman–Crippen MR) is 151 cm³/mol. The van der Waals surface area contributed by atoms with Crippen molar-refractivity contribution in [1.29, 1.82) is 0 Å². The van der Waals surface area contributed by atoms with Crippen molar-refractivity contribution in [3.8, 4) is 0 Å². The van der Waals surface area contributed by atoms with Crippen LogP contribution in [0.2, 0.25) is 0 Å². The average molecular weight is 554 g/mol. The van der Waals surface area contributed by atoms with E-state index in [1.165, 1.54) is 41.3 Å². The fourth-order valence-electron chi connectivity index (χ4n) is 3.98. The van der Waals surface area contributed by atoms with Crippen LogP contribution in [0.25, 0.3) is 0 Å². The summed E-state index contributed by atoms with van der Waals surface area (Å²) in [5.41, 5.74) is 2.67. The van der Waals surface area contributed by atoms with E-state index in [-0.39, 0.29) is 23.4 Å². The van der Waals surface area contributed by atoms with E-state index in [1.54, 1.807) is 37.3 Å². The van der Waals surface area contributed by atoms with Gasteiger partial charge in [-0.15, -0.1) is 0 Å². The number of rotatable bonds is 11. The topological polar surface area (TPSA) is 86.8 Å². The standard InChI is InChI=1S/C30H36FN3O4S/c1-6-23(4)32-30(36)24(5)33(19-25-12-14-26(31)15-13-25)29(35)20-34(27-9-7-8-22(3)18-27)39(37,38)28-16-10-21(2)11-17-28/h7-18,23-24H,6,19-20H2,1-5H3,(H,32,36)/t23-,24+/m0/s1. The lowest BCUT2D eigenvalue weighted by molar-refractivity contribution is -0.139. The molecule has 0 aromatic heterocycles. The first kappa shape index (κ1) is 29.8. The lowest BCUT2D eigenvalue weighted by Gasteiger charge is -2.32. The maximum atomic E-state index is 13.9. The Labute approximate surface area is 230 Å². The molecule has 0 aliphatic rings.